The van der Waals surface area contributed by atoms with Gasteiger partial charge in [0, 0.05) is 25.2 Å². The van der Waals surface area contributed by atoms with E-state index >= 15 is 0 Å². The lowest BCUT2D eigenvalue weighted by atomic mass is 10.1. The molecular formula is C13H21N5. The first-order valence-electron chi connectivity index (χ1n) is 6.05. The van der Waals surface area contributed by atoms with Gasteiger partial charge in [0.1, 0.15) is 17.5 Å². The predicted octanol–water partition coefficient (Wildman–Crippen LogP) is 2.35. The third kappa shape index (κ3) is 3.88. The number of anilines is 2. The molecule has 0 unspecified atom stereocenters. The lowest BCUT2D eigenvalue weighted by Crippen LogP contribution is -2.38. The Balaban J connectivity index is 2.91. The molecule has 1 rings (SSSR count). The van der Waals surface area contributed by atoms with E-state index in [9.17, 15) is 0 Å². The normalized spacial score (nSPS) is 10.9. The zero-order chi connectivity index (χ0) is 13.8. The van der Waals surface area contributed by atoms with Gasteiger partial charge in [0.25, 0.3) is 0 Å². The summed E-state index contributed by atoms with van der Waals surface area (Å²) >= 11 is 0. The van der Waals surface area contributed by atoms with Crippen LogP contribution in [0.2, 0.25) is 0 Å². The molecule has 0 fully saturated rings. The van der Waals surface area contributed by atoms with Crippen molar-refractivity contribution in [2.75, 3.05) is 23.8 Å². The molecule has 1 N–H and O–H groups in total. The maximum absolute atomic E-state index is 8.52. The highest BCUT2D eigenvalue weighted by atomic mass is 15.2. The molecule has 0 aliphatic carbocycles. The van der Waals surface area contributed by atoms with Crippen LogP contribution in [0.15, 0.2) is 6.07 Å². The molecule has 5 heteroatoms. The molecular weight excluding hydrogens is 226 g/mol. The quantitative estimate of drug-likeness (QED) is 0.827. The third-order valence-corrected chi connectivity index (χ3v) is 2.72. The molecule has 0 saturated heterocycles. The average Bonchev–Trinajstić information content (AvgIpc) is 2.26. The van der Waals surface area contributed by atoms with Crippen molar-refractivity contribution in [3.8, 4) is 6.07 Å². The zero-order valence-electron chi connectivity index (χ0n) is 11.8. The van der Waals surface area contributed by atoms with Crippen LogP contribution in [-0.2, 0) is 0 Å². The molecule has 0 amide bonds. The number of aryl methyl sites for hydroxylation is 1. The van der Waals surface area contributed by atoms with Gasteiger partial charge in [0.05, 0.1) is 12.5 Å². The third-order valence-electron chi connectivity index (χ3n) is 2.72. The molecule has 1 heterocycles. The smallest absolute Gasteiger partial charge is 0.134 e. The fourth-order valence-electron chi connectivity index (χ4n) is 1.40. The van der Waals surface area contributed by atoms with Gasteiger partial charge in [-0.25, -0.2) is 9.97 Å². The summed E-state index contributed by atoms with van der Waals surface area (Å²) in [5, 5.41) is 11.7. The number of rotatable bonds is 4. The molecule has 5 nitrogen and oxygen atoms in total. The minimum absolute atomic E-state index is 0.00468. The standard InChI is InChI=1S/C13H21N5/c1-10-16-11(15-8-6-7-14)9-12(17-10)18(5)13(2,3)4/h9H,6,8H2,1-5H3,(H,15,16,17). The van der Waals surface area contributed by atoms with Crippen molar-refractivity contribution in [3.63, 3.8) is 0 Å². The van der Waals surface area contributed by atoms with Gasteiger partial charge in [0.15, 0.2) is 0 Å². The van der Waals surface area contributed by atoms with Gasteiger partial charge < -0.3 is 10.2 Å². The van der Waals surface area contributed by atoms with E-state index in [1.165, 1.54) is 0 Å². The van der Waals surface area contributed by atoms with Gasteiger partial charge in [-0.15, -0.1) is 0 Å². The van der Waals surface area contributed by atoms with Crippen LogP contribution in [0.4, 0.5) is 11.6 Å². The number of aromatic nitrogens is 2. The Bertz CT molecular complexity index is 442. The second-order valence-corrected chi connectivity index (χ2v) is 5.22. The largest absolute Gasteiger partial charge is 0.369 e. The summed E-state index contributed by atoms with van der Waals surface area (Å²) in [5.41, 5.74) is 0.00468. The van der Waals surface area contributed by atoms with E-state index in [0.717, 1.165) is 17.5 Å². The maximum Gasteiger partial charge on any atom is 0.134 e. The zero-order valence-corrected chi connectivity index (χ0v) is 11.8. The number of nitriles is 1. The van der Waals surface area contributed by atoms with Crippen molar-refractivity contribution in [3.05, 3.63) is 11.9 Å². The SMILES string of the molecule is Cc1nc(NCCC#N)cc(N(C)C(C)(C)C)n1. The summed E-state index contributed by atoms with van der Waals surface area (Å²) in [4.78, 5) is 10.9. The number of nitrogens with one attached hydrogen (secondary N) is 1. The predicted molar refractivity (Wildman–Crippen MR) is 73.6 cm³/mol. The molecule has 18 heavy (non-hydrogen) atoms. The molecule has 0 aliphatic rings. The van der Waals surface area contributed by atoms with Crippen molar-refractivity contribution in [1.82, 2.24) is 9.97 Å². The Morgan fingerprint density at radius 2 is 2.06 bits per heavy atom. The van der Waals surface area contributed by atoms with E-state index in [0.29, 0.717) is 13.0 Å². The summed E-state index contributed by atoms with van der Waals surface area (Å²) in [5.74, 6) is 2.38. The summed E-state index contributed by atoms with van der Waals surface area (Å²) < 4.78 is 0. The van der Waals surface area contributed by atoms with Crippen LogP contribution in [-0.4, -0.2) is 29.1 Å². The van der Waals surface area contributed by atoms with Gasteiger partial charge in [-0.3, -0.25) is 0 Å². The Morgan fingerprint density at radius 3 is 2.61 bits per heavy atom. The Hall–Kier alpha value is -1.83. The number of hydrogen-bond acceptors (Lipinski definition) is 5. The van der Waals surface area contributed by atoms with E-state index in [4.69, 9.17) is 5.26 Å². The number of nitrogens with zero attached hydrogens (tertiary/aromatic N) is 4. The highest BCUT2D eigenvalue weighted by Gasteiger charge is 2.19. The average molecular weight is 247 g/mol. The molecule has 0 aromatic carbocycles. The van der Waals surface area contributed by atoms with Crippen LogP contribution < -0.4 is 10.2 Å². The van der Waals surface area contributed by atoms with Crippen molar-refractivity contribution in [1.29, 1.82) is 5.26 Å². The molecule has 0 spiro atoms. The van der Waals surface area contributed by atoms with Crippen molar-refractivity contribution < 1.29 is 0 Å². The molecule has 0 aliphatic heterocycles. The van der Waals surface area contributed by atoms with Gasteiger partial charge in [0.2, 0.25) is 0 Å². The van der Waals surface area contributed by atoms with E-state index in [1.54, 1.807) is 0 Å². The van der Waals surface area contributed by atoms with Crippen molar-refractivity contribution in [2.45, 2.75) is 39.7 Å². The monoisotopic (exact) mass is 247 g/mol. The van der Waals surface area contributed by atoms with Gasteiger partial charge in [-0.05, 0) is 27.7 Å². The molecule has 0 radical (unpaired) electrons. The molecule has 0 bridgehead atoms. The minimum atomic E-state index is 0.00468. The lowest BCUT2D eigenvalue weighted by molar-refractivity contribution is 0.533. The summed E-state index contributed by atoms with van der Waals surface area (Å²) in [6, 6.07) is 4.01. The van der Waals surface area contributed by atoms with Gasteiger partial charge >= 0.3 is 0 Å². The van der Waals surface area contributed by atoms with Crippen molar-refractivity contribution in [2.24, 2.45) is 0 Å². The lowest BCUT2D eigenvalue weighted by Gasteiger charge is -2.33. The second-order valence-electron chi connectivity index (χ2n) is 5.22. The van der Waals surface area contributed by atoms with E-state index in [-0.39, 0.29) is 5.54 Å². The summed E-state index contributed by atoms with van der Waals surface area (Å²) in [7, 11) is 2.01. The molecule has 1 aromatic heterocycles. The highest BCUT2D eigenvalue weighted by Crippen LogP contribution is 2.21. The first-order chi connectivity index (χ1) is 8.34. The summed E-state index contributed by atoms with van der Waals surface area (Å²) in [6.45, 7) is 8.87. The minimum Gasteiger partial charge on any atom is -0.369 e. The van der Waals surface area contributed by atoms with E-state index in [2.05, 4.69) is 47.0 Å². The first-order valence-corrected chi connectivity index (χ1v) is 6.05. The number of hydrogen-bond donors (Lipinski definition) is 1. The summed E-state index contributed by atoms with van der Waals surface area (Å²) in [6.07, 6.45) is 0.466. The van der Waals surface area contributed by atoms with Crippen LogP contribution in [0.5, 0.6) is 0 Å². The molecule has 98 valence electrons. The topological polar surface area (TPSA) is 64.8 Å². The molecule has 0 atom stereocenters. The van der Waals surface area contributed by atoms with Gasteiger partial charge in [-0.1, -0.05) is 0 Å². The van der Waals surface area contributed by atoms with Crippen LogP contribution in [0.3, 0.4) is 0 Å². The molecule has 0 saturated carbocycles. The second kappa shape index (κ2) is 5.67. The molecule has 1 aromatic rings. The Labute approximate surface area is 109 Å². The Kier molecular flexibility index (Phi) is 4.49. The first kappa shape index (κ1) is 14.2. The van der Waals surface area contributed by atoms with Crippen molar-refractivity contribution >= 4 is 11.6 Å². The fourth-order valence-corrected chi connectivity index (χ4v) is 1.40. The maximum atomic E-state index is 8.52. The van der Waals surface area contributed by atoms with Crippen LogP contribution in [0.25, 0.3) is 0 Å². The van der Waals surface area contributed by atoms with Crippen LogP contribution in [0.1, 0.15) is 33.0 Å². The van der Waals surface area contributed by atoms with E-state index in [1.807, 2.05) is 20.0 Å². The van der Waals surface area contributed by atoms with Crippen LogP contribution >= 0.6 is 0 Å². The van der Waals surface area contributed by atoms with E-state index < -0.39 is 0 Å². The fraction of sp³-hybridized carbons (Fsp3) is 0.615. The van der Waals surface area contributed by atoms with Gasteiger partial charge in [-0.2, -0.15) is 5.26 Å². The Morgan fingerprint density at radius 1 is 1.39 bits per heavy atom. The van der Waals surface area contributed by atoms with Crippen LogP contribution in [0, 0.1) is 18.3 Å². The highest BCUT2D eigenvalue weighted by molar-refractivity contribution is 5.50.